The van der Waals surface area contributed by atoms with Crippen LogP contribution < -0.4 is 0 Å². The van der Waals surface area contributed by atoms with Gasteiger partial charge in [-0.25, -0.2) is 8.42 Å². The number of ether oxygens (including phenoxy) is 1. The maximum Gasteiger partial charge on any atom is 0.245 e. The van der Waals surface area contributed by atoms with Crippen LogP contribution in [0.2, 0.25) is 0 Å². The number of benzene rings is 1. The van der Waals surface area contributed by atoms with E-state index in [1.807, 2.05) is 44.2 Å². The molecule has 0 saturated carbocycles. The van der Waals surface area contributed by atoms with E-state index in [4.69, 9.17) is 4.74 Å². The van der Waals surface area contributed by atoms with Crippen molar-refractivity contribution in [2.75, 3.05) is 6.61 Å². The molecule has 3 atom stereocenters. The fourth-order valence-corrected chi connectivity index (χ4v) is 4.86. The molecule has 122 valence electrons. The average Bonchev–Trinajstić information content (AvgIpc) is 2.56. The number of nitrogens with zero attached hydrogens (tertiary/aromatic N) is 2. The first-order valence-electron chi connectivity index (χ1n) is 7.62. The topological polar surface area (TPSA) is 59.5 Å². The van der Waals surface area contributed by atoms with E-state index in [0.717, 1.165) is 5.56 Å². The summed E-state index contributed by atoms with van der Waals surface area (Å²) in [6, 6.07) is 12.4. The van der Waals surface area contributed by atoms with E-state index in [1.165, 1.54) is 6.20 Å². The normalized spacial score (nSPS) is 26.1. The zero-order valence-corrected chi connectivity index (χ0v) is 14.0. The summed E-state index contributed by atoms with van der Waals surface area (Å²) in [5.74, 6) is 0. The Morgan fingerprint density at radius 3 is 2.52 bits per heavy atom. The number of sulfonamides is 1. The van der Waals surface area contributed by atoms with Gasteiger partial charge in [0.15, 0.2) is 0 Å². The second-order valence-electron chi connectivity index (χ2n) is 5.78. The minimum Gasteiger partial charge on any atom is -0.370 e. The third-order valence-electron chi connectivity index (χ3n) is 4.13. The Morgan fingerprint density at radius 1 is 1.13 bits per heavy atom. The van der Waals surface area contributed by atoms with Crippen LogP contribution in [-0.2, 0) is 14.8 Å². The molecule has 0 radical (unpaired) electrons. The maximum absolute atomic E-state index is 13.0. The van der Waals surface area contributed by atoms with E-state index in [1.54, 1.807) is 22.6 Å². The summed E-state index contributed by atoms with van der Waals surface area (Å²) in [7, 11) is -3.61. The van der Waals surface area contributed by atoms with Gasteiger partial charge >= 0.3 is 0 Å². The number of aromatic nitrogens is 1. The highest BCUT2D eigenvalue weighted by Gasteiger charge is 2.41. The van der Waals surface area contributed by atoms with Gasteiger partial charge in [-0.2, -0.15) is 4.31 Å². The van der Waals surface area contributed by atoms with Gasteiger partial charge in [0.25, 0.3) is 0 Å². The van der Waals surface area contributed by atoms with Gasteiger partial charge in [-0.15, -0.1) is 0 Å². The fourth-order valence-electron chi connectivity index (χ4n) is 3.09. The molecule has 1 aromatic heterocycles. The standard InChI is InChI=1S/C17H20N2O3S/c1-13-12-22-17(15-7-4-3-5-8-15)14(2)19(13)23(20,21)16-9-6-10-18-11-16/h3-11,13-14,17H,12H2,1-2H3/t13-,14-,17+/m1/s1. The summed E-state index contributed by atoms with van der Waals surface area (Å²) >= 11 is 0. The van der Waals surface area contributed by atoms with E-state index >= 15 is 0 Å². The lowest BCUT2D eigenvalue weighted by Gasteiger charge is -2.42. The number of morpholine rings is 1. The summed E-state index contributed by atoms with van der Waals surface area (Å²) in [6.45, 7) is 4.12. The van der Waals surface area contributed by atoms with Crippen LogP contribution in [0.25, 0.3) is 0 Å². The molecule has 1 fully saturated rings. The van der Waals surface area contributed by atoms with Crippen LogP contribution >= 0.6 is 0 Å². The van der Waals surface area contributed by atoms with Crippen molar-refractivity contribution in [3.05, 3.63) is 60.4 Å². The largest absolute Gasteiger partial charge is 0.370 e. The number of pyridine rings is 1. The van der Waals surface area contributed by atoms with Gasteiger partial charge in [0.05, 0.1) is 18.8 Å². The van der Waals surface area contributed by atoms with E-state index in [9.17, 15) is 8.42 Å². The second-order valence-corrected chi connectivity index (χ2v) is 7.62. The molecule has 0 spiro atoms. The first kappa shape index (κ1) is 16.1. The zero-order valence-electron chi connectivity index (χ0n) is 13.2. The van der Waals surface area contributed by atoms with Crippen molar-refractivity contribution in [1.82, 2.24) is 9.29 Å². The lowest BCUT2D eigenvalue weighted by molar-refractivity contribution is -0.0617. The Morgan fingerprint density at radius 2 is 1.87 bits per heavy atom. The molecule has 3 rings (SSSR count). The summed E-state index contributed by atoms with van der Waals surface area (Å²) in [4.78, 5) is 4.15. The van der Waals surface area contributed by atoms with Crippen molar-refractivity contribution in [3.63, 3.8) is 0 Å². The van der Waals surface area contributed by atoms with Gasteiger partial charge in [0.2, 0.25) is 10.0 Å². The number of hydrogen-bond acceptors (Lipinski definition) is 4. The molecule has 2 heterocycles. The molecular weight excluding hydrogens is 312 g/mol. The van der Waals surface area contributed by atoms with Crippen molar-refractivity contribution >= 4 is 10.0 Å². The first-order valence-corrected chi connectivity index (χ1v) is 9.06. The van der Waals surface area contributed by atoms with Crippen LogP contribution in [0.3, 0.4) is 0 Å². The van der Waals surface area contributed by atoms with Gasteiger partial charge in [-0.3, -0.25) is 4.98 Å². The molecular formula is C17H20N2O3S. The Balaban J connectivity index is 1.97. The minimum absolute atomic E-state index is 0.215. The van der Waals surface area contributed by atoms with Crippen molar-refractivity contribution in [1.29, 1.82) is 0 Å². The summed E-state index contributed by atoms with van der Waals surface area (Å²) in [6.07, 6.45) is 2.68. The Kier molecular flexibility index (Phi) is 4.48. The SMILES string of the molecule is C[C@@H]1CO[C@H](c2ccccc2)[C@@H](C)N1S(=O)(=O)c1cccnc1. The highest BCUT2D eigenvalue weighted by molar-refractivity contribution is 7.89. The highest BCUT2D eigenvalue weighted by atomic mass is 32.2. The van der Waals surface area contributed by atoms with E-state index in [2.05, 4.69) is 4.98 Å². The lowest BCUT2D eigenvalue weighted by Crippen LogP contribution is -2.53. The van der Waals surface area contributed by atoms with Crippen LogP contribution in [0.15, 0.2) is 59.8 Å². The number of hydrogen-bond donors (Lipinski definition) is 0. The first-order chi connectivity index (χ1) is 11.0. The van der Waals surface area contributed by atoms with Crippen molar-refractivity contribution < 1.29 is 13.2 Å². The molecule has 1 saturated heterocycles. The second kappa shape index (κ2) is 6.39. The van der Waals surface area contributed by atoms with Crippen molar-refractivity contribution in [2.24, 2.45) is 0 Å². The Labute approximate surface area is 137 Å². The van der Waals surface area contributed by atoms with Crippen LogP contribution in [0.5, 0.6) is 0 Å². The van der Waals surface area contributed by atoms with Gasteiger partial charge < -0.3 is 4.74 Å². The molecule has 1 aliphatic heterocycles. The summed E-state index contributed by atoms with van der Waals surface area (Å²) in [5, 5.41) is 0. The highest BCUT2D eigenvalue weighted by Crippen LogP contribution is 2.34. The predicted octanol–water partition coefficient (Wildman–Crippen LogP) is 2.62. The Bertz CT molecular complexity index is 750. The molecule has 0 N–H and O–H groups in total. The lowest BCUT2D eigenvalue weighted by atomic mass is 10.0. The summed E-state index contributed by atoms with van der Waals surface area (Å²) in [5.41, 5.74) is 0.985. The molecule has 0 unspecified atom stereocenters. The molecule has 1 aliphatic rings. The van der Waals surface area contributed by atoms with E-state index < -0.39 is 10.0 Å². The zero-order chi connectivity index (χ0) is 16.4. The van der Waals surface area contributed by atoms with Gasteiger partial charge in [-0.05, 0) is 31.5 Å². The van der Waals surface area contributed by atoms with Gasteiger partial charge in [0.1, 0.15) is 4.90 Å². The molecule has 23 heavy (non-hydrogen) atoms. The molecule has 1 aromatic carbocycles. The van der Waals surface area contributed by atoms with Crippen LogP contribution in [0, 0.1) is 0 Å². The van der Waals surface area contributed by atoms with Gasteiger partial charge in [-0.1, -0.05) is 30.3 Å². The smallest absolute Gasteiger partial charge is 0.245 e. The monoisotopic (exact) mass is 332 g/mol. The number of rotatable bonds is 3. The molecule has 6 heteroatoms. The third-order valence-corrected chi connectivity index (χ3v) is 6.21. The molecule has 0 aliphatic carbocycles. The molecule has 5 nitrogen and oxygen atoms in total. The molecule has 0 bridgehead atoms. The van der Waals surface area contributed by atoms with E-state index in [-0.39, 0.29) is 23.1 Å². The Hall–Kier alpha value is -1.76. The predicted molar refractivity (Wildman–Crippen MR) is 87.3 cm³/mol. The van der Waals surface area contributed by atoms with Crippen LogP contribution in [0.4, 0.5) is 0 Å². The maximum atomic E-state index is 13.0. The fraction of sp³-hybridized carbons (Fsp3) is 0.353. The van der Waals surface area contributed by atoms with Crippen LogP contribution in [-0.4, -0.2) is 36.4 Å². The van der Waals surface area contributed by atoms with Gasteiger partial charge in [0, 0.05) is 18.4 Å². The molecule has 0 amide bonds. The quantitative estimate of drug-likeness (QED) is 0.867. The minimum atomic E-state index is -3.61. The third kappa shape index (κ3) is 3.02. The van der Waals surface area contributed by atoms with Crippen molar-refractivity contribution in [2.45, 2.75) is 36.9 Å². The van der Waals surface area contributed by atoms with Crippen LogP contribution in [0.1, 0.15) is 25.5 Å². The summed E-state index contributed by atoms with van der Waals surface area (Å²) < 4.78 is 33.5. The van der Waals surface area contributed by atoms with Crippen molar-refractivity contribution in [3.8, 4) is 0 Å². The average molecular weight is 332 g/mol. The molecule has 2 aromatic rings. The van der Waals surface area contributed by atoms with E-state index in [0.29, 0.717) is 6.61 Å².